The van der Waals surface area contributed by atoms with Gasteiger partial charge in [0.1, 0.15) is 17.2 Å². The highest BCUT2D eigenvalue weighted by Crippen LogP contribution is 2.25. The minimum Gasteiger partial charge on any atom is -0.495 e. The largest absolute Gasteiger partial charge is 0.495 e. The number of carbonyl (C=O) groups is 2. The Labute approximate surface area is 141 Å². The number of carbonyl (C=O) groups excluding carboxylic acids is 1. The number of benzene rings is 1. The molecular formula is C15H22N2O6S. The van der Waals surface area contributed by atoms with Gasteiger partial charge in [-0.25, -0.2) is 13.1 Å². The number of ether oxygens (including phenoxy) is 1. The molecule has 0 spiro atoms. The lowest BCUT2D eigenvalue weighted by molar-refractivity contribution is -0.137. The van der Waals surface area contributed by atoms with Crippen LogP contribution in [0.25, 0.3) is 0 Å². The van der Waals surface area contributed by atoms with Crippen molar-refractivity contribution >= 4 is 21.9 Å². The van der Waals surface area contributed by atoms with Crippen LogP contribution in [0.3, 0.4) is 0 Å². The number of nitrogens with one attached hydrogen (secondary N) is 1. The van der Waals surface area contributed by atoms with Gasteiger partial charge in [0.05, 0.1) is 7.11 Å². The first-order chi connectivity index (χ1) is 11.1. The molecule has 0 aliphatic heterocycles. The van der Waals surface area contributed by atoms with Crippen LogP contribution in [0, 0.1) is 5.92 Å². The second-order valence-corrected chi connectivity index (χ2v) is 7.40. The van der Waals surface area contributed by atoms with E-state index in [1.54, 1.807) is 0 Å². The number of rotatable bonds is 8. The average molecular weight is 358 g/mol. The first kappa shape index (κ1) is 19.9. The van der Waals surface area contributed by atoms with E-state index in [-0.39, 0.29) is 28.7 Å². The van der Waals surface area contributed by atoms with Crippen molar-refractivity contribution in [2.75, 3.05) is 27.2 Å². The van der Waals surface area contributed by atoms with Crippen molar-refractivity contribution in [1.82, 2.24) is 9.62 Å². The van der Waals surface area contributed by atoms with E-state index >= 15 is 0 Å². The van der Waals surface area contributed by atoms with Crippen molar-refractivity contribution in [3.63, 3.8) is 0 Å². The maximum Gasteiger partial charge on any atom is 0.323 e. The number of aliphatic carboxylic acids is 1. The highest BCUT2D eigenvalue weighted by atomic mass is 32.2. The highest BCUT2D eigenvalue weighted by Gasteiger charge is 2.24. The van der Waals surface area contributed by atoms with Crippen LogP contribution in [0.15, 0.2) is 23.1 Å². The van der Waals surface area contributed by atoms with Crippen molar-refractivity contribution in [1.29, 1.82) is 0 Å². The van der Waals surface area contributed by atoms with Gasteiger partial charge in [-0.05, 0) is 31.2 Å². The van der Waals surface area contributed by atoms with Gasteiger partial charge in [-0.2, -0.15) is 0 Å². The van der Waals surface area contributed by atoms with Crippen LogP contribution in [0.4, 0.5) is 0 Å². The Morgan fingerprint density at radius 3 is 2.42 bits per heavy atom. The number of hydrogen-bond acceptors (Lipinski definition) is 5. The molecule has 0 aromatic heterocycles. The van der Waals surface area contributed by atoms with Crippen LogP contribution in [0.2, 0.25) is 0 Å². The number of nitrogens with zero attached hydrogens (tertiary/aromatic N) is 1. The molecule has 9 heteroatoms. The molecule has 0 radical (unpaired) electrons. The van der Waals surface area contributed by atoms with Crippen LogP contribution >= 0.6 is 0 Å². The molecule has 8 nitrogen and oxygen atoms in total. The van der Waals surface area contributed by atoms with Crippen LogP contribution < -0.4 is 9.46 Å². The Hall–Kier alpha value is -2.13. The summed E-state index contributed by atoms with van der Waals surface area (Å²) in [6.07, 6.45) is 0. The van der Waals surface area contributed by atoms with E-state index < -0.39 is 28.4 Å². The van der Waals surface area contributed by atoms with Gasteiger partial charge >= 0.3 is 5.97 Å². The molecule has 0 fully saturated rings. The molecule has 0 aliphatic rings. The Balaban J connectivity index is 3.31. The molecule has 0 saturated carbocycles. The number of methoxy groups -OCH3 is 1. The second kappa shape index (κ2) is 8.11. The molecule has 0 heterocycles. The third kappa shape index (κ3) is 4.93. The molecular weight excluding hydrogens is 336 g/mol. The summed E-state index contributed by atoms with van der Waals surface area (Å²) in [5.74, 6) is -1.54. The fourth-order valence-corrected chi connectivity index (χ4v) is 3.05. The molecule has 0 saturated heterocycles. The summed E-state index contributed by atoms with van der Waals surface area (Å²) in [5.41, 5.74) is 0.0755. The number of amides is 1. The molecule has 1 amide bonds. The summed E-state index contributed by atoms with van der Waals surface area (Å²) in [4.78, 5) is 24.6. The Kier molecular flexibility index (Phi) is 6.73. The predicted octanol–water partition coefficient (Wildman–Crippen LogP) is 0.786. The lowest BCUT2D eigenvalue weighted by Crippen LogP contribution is -2.38. The zero-order valence-electron chi connectivity index (χ0n) is 14.1. The van der Waals surface area contributed by atoms with Crippen molar-refractivity contribution in [3.05, 3.63) is 23.8 Å². The number of sulfonamides is 1. The minimum absolute atomic E-state index is 0.0621. The third-order valence-corrected chi connectivity index (χ3v) is 4.60. The summed E-state index contributed by atoms with van der Waals surface area (Å²) < 4.78 is 31.3. The van der Waals surface area contributed by atoms with E-state index in [2.05, 4.69) is 4.72 Å². The van der Waals surface area contributed by atoms with Crippen molar-refractivity contribution in [2.24, 2.45) is 5.92 Å². The molecule has 0 atom stereocenters. The summed E-state index contributed by atoms with van der Waals surface area (Å²) >= 11 is 0. The first-order valence-corrected chi connectivity index (χ1v) is 8.73. The van der Waals surface area contributed by atoms with Crippen molar-refractivity contribution < 1.29 is 27.9 Å². The maximum atomic E-state index is 12.6. The average Bonchev–Trinajstić information content (AvgIpc) is 2.52. The quantitative estimate of drug-likeness (QED) is 0.710. The Morgan fingerprint density at radius 2 is 1.96 bits per heavy atom. The van der Waals surface area contributed by atoms with Gasteiger partial charge in [0.15, 0.2) is 0 Å². The molecule has 1 aromatic rings. The van der Waals surface area contributed by atoms with E-state index in [4.69, 9.17) is 9.84 Å². The normalized spacial score (nSPS) is 11.4. The molecule has 0 unspecified atom stereocenters. The van der Waals surface area contributed by atoms with E-state index in [1.165, 1.54) is 37.3 Å². The lowest BCUT2D eigenvalue weighted by Gasteiger charge is -2.23. The van der Waals surface area contributed by atoms with Gasteiger partial charge in [-0.1, -0.05) is 13.8 Å². The summed E-state index contributed by atoms with van der Waals surface area (Å²) in [6.45, 7) is 3.49. The summed E-state index contributed by atoms with van der Waals surface area (Å²) in [5, 5.41) is 8.98. The fourth-order valence-electron chi connectivity index (χ4n) is 2.14. The predicted molar refractivity (Wildman–Crippen MR) is 87.6 cm³/mol. The van der Waals surface area contributed by atoms with Gasteiger partial charge in [0.25, 0.3) is 5.91 Å². The summed E-state index contributed by atoms with van der Waals surface area (Å²) in [7, 11) is -1.26. The van der Waals surface area contributed by atoms with Gasteiger partial charge in [0.2, 0.25) is 10.0 Å². The number of hydrogen-bond donors (Lipinski definition) is 2. The van der Waals surface area contributed by atoms with Gasteiger partial charge < -0.3 is 14.7 Å². The molecule has 2 N–H and O–H groups in total. The number of carboxylic acid groups (broad SMARTS) is 1. The van der Waals surface area contributed by atoms with Gasteiger partial charge in [0, 0.05) is 12.1 Å². The van der Waals surface area contributed by atoms with Crippen LogP contribution in [0.1, 0.15) is 24.2 Å². The molecule has 0 bridgehead atoms. The molecule has 24 heavy (non-hydrogen) atoms. The van der Waals surface area contributed by atoms with Crippen LogP contribution in [-0.4, -0.2) is 57.5 Å². The minimum atomic E-state index is -3.83. The summed E-state index contributed by atoms with van der Waals surface area (Å²) in [6, 6.07) is 3.96. The lowest BCUT2D eigenvalue weighted by atomic mass is 10.1. The topological polar surface area (TPSA) is 113 Å². The molecule has 134 valence electrons. The van der Waals surface area contributed by atoms with E-state index in [0.717, 1.165) is 0 Å². The van der Waals surface area contributed by atoms with Crippen molar-refractivity contribution in [2.45, 2.75) is 18.7 Å². The van der Waals surface area contributed by atoms with E-state index in [0.29, 0.717) is 0 Å². The number of carboxylic acids is 1. The monoisotopic (exact) mass is 358 g/mol. The van der Waals surface area contributed by atoms with E-state index in [9.17, 15) is 18.0 Å². The SMILES string of the molecule is CNS(=O)(=O)c1cc(C(=O)N(CC(=O)O)CC(C)C)ccc1OC. The third-order valence-electron chi connectivity index (χ3n) is 3.17. The van der Waals surface area contributed by atoms with Gasteiger partial charge in [-0.3, -0.25) is 9.59 Å². The van der Waals surface area contributed by atoms with Crippen LogP contribution in [0.5, 0.6) is 5.75 Å². The highest BCUT2D eigenvalue weighted by molar-refractivity contribution is 7.89. The second-order valence-electron chi connectivity index (χ2n) is 5.55. The molecule has 1 rings (SSSR count). The smallest absolute Gasteiger partial charge is 0.323 e. The standard InChI is InChI=1S/C15H22N2O6S/c1-10(2)8-17(9-14(18)19)15(20)11-5-6-12(23-4)13(7-11)24(21,22)16-3/h5-7,10,16H,8-9H2,1-4H3,(H,18,19). The molecule has 1 aromatic carbocycles. The maximum absolute atomic E-state index is 12.6. The molecule has 0 aliphatic carbocycles. The van der Waals surface area contributed by atoms with Gasteiger partial charge in [-0.15, -0.1) is 0 Å². The zero-order chi connectivity index (χ0) is 18.5. The zero-order valence-corrected chi connectivity index (χ0v) is 14.9. The van der Waals surface area contributed by atoms with Crippen molar-refractivity contribution in [3.8, 4) is 5.75 Å². The Morgan fingerprint density at radius 1 is 1.33 bits per heavy atom. The Bertz CT molecular complexity index is 715. The fraction of sp³-hybridized carbons (Fsp3) is 0.467. The first-order valence-electron chi connectivity index (χ1n) is 7.25. The van der Waals surface area contributed by atoms with Crippen LogP contribution in [-0.2, 0) is 14.8 Å². The van der Waals surface area contributed by atoms with E-state index in [1.807, 2.05) is 13.8 Å².